The molecule has 0 aromatic carbocycles. The summed E-state index contributed by atoms with van der Waals surface area (Å²) in [5.41, 5.74) is 3.90. The van der Waals surface area contributed by atoms with Crippen molar-refractivity contribution in [2.45, 2.75) is 13.1 Å². The fourth-order valence-electron chi connectivity index (χ4n) is 0.554. The molecule has 0 aliphatic rings. The lowest BCUT2D eigenvalue weighted by Gasteiger charge is -2.07. The van der Waals surface area contributed by atoms with Crippen molar-refractivity contribution in [3.05, 3.63) is 23.9 Å². The Kier molecular flexibility index (Phi) is 4.43. The Morgan fingerprint density at radius 3 is 2.25 bits per heavy atom. The van der Waals surface area contributed by atoms with Crippen molar-refractivity contribution in [3.63, 3.8) is 0 Å². The van der Waals surface area contributed by atoms with Crippen LogP contribution in [-0.2, 0) is 0 Å². The van der Waals surface area contributed by atoms with E-state index in [4.69, 9.17) is 0 Å². The molecule has 0 rings (SSSR count). The summed E-state index contributed by atoms with van der Waals surface area (Å²) < 4.78 is 36.1. The molecule has 0 aromatic rings. The first kappa shape index (κ1) is 11.0. The molecule has 0 fully saturated rings. The SMILES string of the molecule is C/C=C\C(=C\NNC)C(F)(F)F. The van der Waals surface area contributed by atoms with Gasteiger partial charge in [-0.15, -0.1) is 0 Å². The smallest absolute Gasteiger partial charge is 0.328 e. The van der Waals surface area contributed by atoms with Gasteiger partial charge in [-0.1, -0.05) is 12.2 Å². The predicted molar refractivity (Wildman–Crippen MR) is 41.1 cm³/mol. The summed E-state index contributed by atoms with van der Waals surface area (Å²) in [4.78, 5) is 0. The van der Waals surface area contributed by atoms with Crippen molar-refractivity contribution < 1.29 is 13.2 Å². The fraction of sp³-hybridized carbons (Fsp3) is 0.429. The van der Waals surface area contributed by atoms with Crippen LogP contribution in [0.4, 0.5) is 13.2 Å². The van der Waals surface area contributed by atoms with Crippen LogP contribution in [0.5, 0.6) is 0 Å². The molecule has 0 unspecified atom stereocenters. The summed E-state index contributed by atoms with van der Waals surface area (Å²) in [6.45, 7) is 1.53. The number of nitrogens with one attached hydrogen (secondary N) is 2. The summed E-state index contributed by atoms with van der Waals surface area (Å²) >= 11 is 0. The fourth-order valence-corrected chi connectivity index (χ4v) is 0.554. The highest BCUT2D eigenvalue weighted by Crippen LogP contribution is 2.25. The van der Waals surface area contributed by atoms with Gasteiger partial charge in [-0.05, 0) is 6.92 Å². The minimum Gasteiger partial charge on any atom is -0.328 e. The maximum Gasteiger partial charge on any atom is 0.417 e. The minimum atomic E-state index is -4.31. The van der Waals surface area contributed by atoms with Gasteiger partial charge in [0.2, 0.25) is 0 Å². The molecule has 70 valence electrons. The van der Waals surface area contributed by atoms with Crippen LogP contribution in [-0.4, -0.2) is 13.2 Å². The van der Waals surface area contributed by atoms with Gasteiger partial charge >= 0.3 is 6.18 Å². The predicted octanol–water partition coefficient (Wildman–Crippen LogP) is 1.73. The van der Waals surface area contributed by atoms with Crippen molar-refractivity contribution in [3.8, 4) is 0 Å². The Labute approximate surface area is 69.1 Å². The molecule has 0 radical (unpaired) electrons. The number of alkyl halides is 3. The third-order valence-electron chi connectivity index (χ3n) is 1.05. The average molecular weight is 180 g/mol. The van der Waals surface area contributed by atoms with Gasteiger partial charge in [-0.3, -0.25) is 0 Å². The highest BCUT2D eigenvalue weighted by atomic mass is 19.4. The van der Waals surface area contributed by atoms with Crippen LogP contribution in [0.25, 0.3) is 0 Å². The first-order valence-corrected chi connectivity index (χ1v) is 3.34. The van der Waals surface area contributed by atoms with Crippen LogP contribution in [0.2, 0.25) is 0 Å². The van der Waals surface area contributed by atoms with Crippen LogP contribution >= 0.6 is 0 Å². The second kappa shape index (κ2) is 4.82. The van der Waals surface area contributed by atoms with E-state index in [0.717, 1.165) is 12.3 Å². The van der Waals surface area contributed by atoms with Crippen molar-refractivity contribution >= 4 is 0 Å². The third kappa shape index (κ3) is 4.02. The number of allylic oxidation sites excluding steroid dienone is 3. The summed E-state index contributed by atoms with van der Waals surface area (Å²) in [5.74, 6) is 0. The zero-order valence-electron chi connectivity index (χ0n) is 6.87. The van der Waals surface area contributed by atoms with Crippen LogP contribution in [0, 0.1) is 0 Å². The molecule has 0 heterocycles. The van der Waals surface area contributed by atoms with Gasteiger partial charge in [0.15, 0.2) is 0 Å². The summed E-state index contributed by atoms with van der Waals surface area (Å²) in [6, 6.07) is 0. The maximum absolute atomic E-state index is 12.0. The molecular weight excluding hydrogens is 169 g/mol. The Morgan fingerprint density at radius 2 is 1.92 bits per heavy atom. The molecule has 0 atom stereocenters. The number of hydrogen-bond acceptors (Lipinski definition) is 2. The van der Waals surface area contributed by atoms with Gasteiger partial charge in [-0.2, -0.15) is 13.2 Å². The van der Waals surface area contributed by atoms with Gasteiger partial charge in [0.25, 0.3) is 0 Å². The second-order valence-electron chi connectivity index (χ2n) is 1.99. The highest BCUT2D eigenvalue weighted by Gasteiger charge is 2.31. The molecule has 0 saturated heterocycles. The van der Waals surface area contributed by atoms with E-state index < -0.39 is 11.7 Å². The molecular formula is C7H11F3N2. The lowest BCUT2D eigenvalue weighted by Crippen LogP contribution is -2.24. The largest absolute Gasteiger partial charge is 0.417 e. The van der Waals surface area contributed by atoms with Gasteiger partial charge in [-0.25, -0.2) is 5.43 Å². The van der Waals surface area contributed by atoms with Gasteiger partial charge < -0.3 is 5.43 Å². The average Bonchev–Trinajstić information content (AvgIpc) is 1.95. The monoisotopic (exact) mass is 180 g/mol. The van der Waals surface area contributed by atoms with Crippen LogP contribution < -0.4 is 10.9 Å². The molecule has 12 heavy (non-hydrogen) atoms. The number of hydrazine groups is 1. The standard InChI is InChI=1S/C7H11F3N2/c1-3-4-6(5-12-11-2)7(8,9)10/h3-5,11-12H,1-2H3/b4-3-,6-5-. The van der Waals surface area contributed by atoms with E-state index in [2.05, 4.69) is 10.9 Å². The van der Waals surface area contributed by atoms with Crippen LogP contribution in [0.15, 0.2) is 23.9 Å². The van der Waals surface area contributed by atoms with E-state index in [1.54, 1.807) is 0 Å². The number of hydrogen-bond donors (Lipinski definition) is 2. The topological polar surface area (TPSA) is 24.1 Å². The molecule has 0 spiro atoms. The first-order chi connectivity index (χ1) is 5.52. The van der Waals surface area contributed by atoms with Crippen LogP contribution in [0.3, 0.4) is 0 Å². The quantitative estimate of drug-likeness (QED) is 0.510. The van der Waals surface area contributed by atoms with E-state index >= 15 is 0 Å². The lowest BCUT2D eigenvalue weighted by atomic mass is 10.2. The van der Waals surface area contributed by atoms with E-state index in [1.807, 2.05) is 0 Å². The minimum absolute atomic E-state index is 0.723. The second-order valence-corrected chi connectivity index (χ2v) is 1.99. The molecule has 0 aliphatic carbocycles. The molecule has 0 saturated carbocycles. The molecule has 5 heteroatoms. The van der Waals surface area contributed by atoms with E-state index in [9.17, 15) is 13.2 Å². The molecule has 2 N–H and O–H groups in total. The molecule has 2 nitrogen and oxygen atoms in total. The zero-order chi connectivity index (χ0) is 9.61. The normalized spacial score (nSPS) is 13.9. The Balaban J connectivity index is 4.44. The Hall–Kier alpha value is -0.970. The molecule has 0 aromatic heterocycles. The Morgan fingerprint density at radius 1 is 1.33 bits per heavy atom. The highest BCUT2D eigenvalue weighted by molar-refractivity contribution is 5.22. The Bertz CT molecular complexity index is 182. The van der Waals surface area contributed by atoms with Crippen LogP contribution in [0.1, 0.15) is 6.92 Å². The van der Waals surface area contributed by atoms with E-state index in [0.29, 0.717) is 0 Å². The van der Waals surface area contributed by atoms with Crippen molar-refractivity contribution in [2.75, 3.05) is 7.05 Å². The lowest BCUT2D eigenvalue weighted by molar-refractivity contribution is -0.0886. The molecule has 0 bridgehead atoms. The van der Waals surface area contributed by atoms with Crippen molar-refractivity contribution in [1.82, 2.24) is 10.9 Å². The van der Waals surface area contributed by atoms with Gasteiger partial charge in [0.1, 0.15) is 0 Å². The van der Waals surface area contributed by atoms with Crippen molar-refractivity contribution in [1.29, 1.82) is 0 Å². The van der Waals surface area contributed by atoms with Gasteiger partial charge in [0, 0.05) is 13.2 Å². The van der Waals surface area contributed by atoms with Gasteiger partial charge in [0.05, 0.1) is 5.57 Å². The number of halogens is 3. The van der Waals surface area contributed by atoms with Crippen molar-refractivity contribution in [2.24, 2.45) is 0 Å². The molecule has 0 amide bonds. The zero-order valence-corrected chi connectivity index (χ0v) is 6.87. The number of rotatable bonds is 3. The van der Waals surface area contributed by atoms with E-state index in [1.165, 1.54) is 20.0 Å². The first-order valence-electron chi connectivity index (χ1n) is 3.34. The van der Waals surface area contributed by atoms with E-state index in [-0.39, 0.29) is 0 Å². The maximum atomic E-state index is 12.0. The molecule has 0 aliphatic heterocycles. The summed E-state index contributed by atoms with van der Waals surface area (Å²) in [6.07, 6.45) is -1.13. The summed E-state index contributed by atoms with van der Waals surface area (Å²) in [7, 11) is 1.49. The summed E-state index contributed by atoms with van der Waals surface area (Å²) in [5, 5.41) is 0. The third-order valence-corrected chi connectivity index (χ3v) is 1.05.